The molecule has 1 N–H and O–H groups in total. The maximum atomic E-state index is 5.69. The molecule has 2 fully saturated rings. The second-order valence-corrected chi connectivity index (χ2v) is 7.91. The predicted molar refractivity (Wildman–Crippen MR) is 106 cm³/mol. The minimum Gasteiger partial charge on any atom is -0.381 e. The first kappa shape index (κ1) is 18.6. The third-order valence-corrected chi connectivity index (χ3v) is 6.06. The summed E-state index contributed by atoms with van der Waals surface area (Å²) in [6, 6.07) is 4.04. The fourth-order valence-electron chi connectivity index (χ4n) is 4.57. The first-order valence-corrected chi connectivity index (χ1v) is 10.2. The van der Waals surface area contributed by atoms with Gasteiger partial charge in [0.15, 0.2) is 0 Å². The number of nitrogens with one attached hydrogen (secondary N) is 1. The molecule has 27 heavy (non-hydrogen) atoms. The van der Waals surface area contributed by atoms with Crippen LogP contribution in [0.3, 0.4) is 0 Å². The van der Waals surface area contributed by atoms with E-state index >= 15 is 0 Å². The molecule has 0 amide bonds. The van der Waals surface area contributed by atoms with Crippen LogP contribution in [0.5, 0.6) is 0 Å². The maximum Gasteiger partial charge on any atom is 0.0983 e. The van der Waals surface area contributed by atoms with Crippen LogP contribution in [0.1, 0.15) is 37.7 Å². The molecule has 146 valence electrons. The van der Waals surface area contributed by atoms with Gasteiger partial charge in [-0.25, -0.2) is 0 Å². The van der Waals surface area contributed by atoms with Gasteiger partial charge >= 0.3 is 0 Å². The number of aryl methyl sites for hydroxylation is 1. The molecule has 0 unspecified atom stereocenters. The molecule has 2 aliphatic rings. The lowest BCUT2D eigenvalue weighted by atomic mass is 9.86. The summed E-state index contributed by atoms with van der Waals surface area (Å²) >= 11 is 0. The highest BCUT2D eigenvalue weighted by atomic mass is 16.5. The van der Waals surface area contributed by atoms with Crippen molar-refractivity contribution < 1.29 is 4.74 Å². The summed E-state index contributed by atoms with van der Waals surface area (Å²) in [7, 11) is 1.98. The van der Waals surface area contributed by atoms with Gasteiger partial charge in [0.2, 0.25) is 0 Å². The average molecular weight is 370 g/mol. The Labute approximate surface area is 161 Å². The van der Waals surface area contributed by atoms with E-state index in [0.717, 1.165) is 50.4 Å². The molecular formula is C21H31N5O. The zero-order valence-corrected chi connectivity index (χ0v) is 16.4. The van der Waals surface area contributed by atoms with Gasteiger partial charge in [-0.3, -0.25) is 14.6 Å². The zero-order valence-electron chi connectivity index (χ0n) is 16.4. The van der Waals surface area contributed by atoms with Crippen LogP contribution in [-0.2, 0) is 18.3 Å². The van der Waals surface area contributed by atoms with Gasteiger partial charge in [-0.05, 0) is 50.9 Å². The fraction of sp³-hybridized carbons (Fsp3) is 0.619. The molecule has 2 saturated heterocycles. The Morgan fingerprint density at radius 3 is 2.74 bits per heavy atom. The third-order valence-electron chi connectivity index (χ3n) is 6.06. The van der Waals surface area contributed by atoms with Crippen molar-refractivity contribution in [2.45, 2.75) is 44.2 Å². The van der Waals surface area contributed by atoms with Crippen molar-refractivity contribution in [3.63, 3.8) is 0 Å². The van der Waals surface area contributed by atoms with Crippen molar-refractivity contribution in [2.24, 2.45) is 7.05 Å². The number of aromatic nitrogens is 3. The summed E-state index contributed by atoms with van der Waals surface area (Å²) < 4.78 is 7.58. The highest BCUT2D eigenvalue weighted by Gasteiger charge is 2.38. The van der Waals surface area contributed by atoms with E-state index in [4.69, 9.17) is 4.74 Å². The highest BCUT2D eigenvalue weighted by Crippen LogP contribution is 2.30. The summed E-state index contributed by atoms with van der Waals surface area (Å²) in [4.78, 5) is 6.98. The largest absolute Gasteiger partial charge is 0.381 e. The second-order valence-electron chi connectivity index (χ2n) is 7.91. The average Bonchev–Trinajstić information content (AvgIpc) is 3.10. The van der Waals surface area contributed by atoms with Gasteiger partial charge in [-0.2, -0.15) is 5.10 Å². The highest BCUT2D eigenvalue weighted by molar-refractivity contribution is 5.61. The standard InChI is InChI=1S/C21H31N5O/c1-25-16-19(20(24-25)18-6-5-9-22-14-18)15-23-17-21(7-12-27-13-8-21)26-10-3-2-4-11-26/h5-6,9,14,16,23H,2-4,7-8,10-13,15,17H2,1H3. The normalized spacial score (nSPS) is 20.6. The van der Waals surface area contributed by atoms with Crippen LogP contribution in [0.2, 0.25) is 0 Å². The molecule has 0 aromatic carbocycles. The number of piperidine rings is 1. The summed E-state index contributed by atoms with van der Waals surface area (Å²) in [5.41, 5.74) is 3.57. The molecule has 4 heterocycles. The molecule has 0 bridgehead atoms. The summed E-state index contributed by atoms with van der Waals surface area (Å²) in [5.74, 6) is 0. The summed E-state index contributed by atoms with van der Waals surface area (Å²) in [5, 5.41) is 8.42. The molecule has 0 radical (unpaired) electrons. The number of pyridine rings is 1. The smallest absolute Gasteiger partial charge is 0.0983 e. The lowest BCUT2D eigenvalue weighted by Gasteiger charge is -2.48. The fourth-order valence-corrected chi connectivity index (χ4v) is 4.57. The van der Waals surface area contributed by atoms with E-state index in [1.54, 1.807) is 6.20 Å². The first-order chi connectivity index (χ1) is 13.3. The van der Waals surface area contributed by atoms with Crippen molar-refractivity contribution >= 4 is 0 Å². The molecule has 2 aliphatic heterocycles. The molecule has 6 nitrogen and oxygen atoms in total. The minimum absolute atomic E-state index is 0.245. The van der Waals surface area contributed by atoms with Crippen LogP contribution in [0.25, 0.3) is 11.3 Å². The molecule has 4 rings (SSSR count). The second kappa shape index (κ2) is 8.50. The predicted octanol–water partition coefficient (Wildman–Crippen LogP) is 2.61. The van der Waals surface area contributed by atoms with Crippen molar-refractivity contribution in [3.05, 3.63) is 36.3 Å². The number of nitrogens with zero attached hydrogens (tertiary/aromatic N) is 4. The molecular weight excluding hydrogens is 338 g/mol. The van der Waals surface area contributed by atoms with Crippen LogP contribution < -0.4 is 5.32 Å². The van der Waals surface area contributed by atoms with Crippen LogP contribution in [-0.4, -0.2) is 58.1 Å². The first-order valence-electron chi connectivity index (χ1n) is 10.2. The zero-order chi connectivity index (χ0) is 18.5. The lowest BCUT2D eigenvalue weighted by molar-refractivity contribution is -0.0358. The number of rotatable bonds is 6. The third kappa shape index (κ3) is 4.23. The molecule has 0 atom stereocenters. The van der Waals surface area contributed by atoms with Crippen LogP contribution in [0.15, 0.2) is 30.7 Å². The number of ether oxygens (including phenoxy) is 1. The van der Waals surface area contributed by atoms with Gasteiger partial charge in [-0.15, -0.1) is 0 Å². The van der Waals surface area contributed by atoms with E-state index in [0.29, 0.717) is 0 Å². The van der Waals surface area contributed by atoms with Crippen LogP contribution in [0.4, 0.5) is 0 Å². The number of likely N-dealkylation sites (tertiary alicyclic amines) is 1. The van der Waals surface area contributed by atoms with Crippen molar-refractivity contribution in [2.75, 3.05) is 32.8 Å². The van der Waals surface area contributed by atoms with Gasteiger partial charge in [-0.1, -0.05) is 6.42 Å². The lowest BCUT2D eigenvalue weighted by Crippen LogP contribution is -2.59. The Kier molecular flexibility index (Phi) is 5.86. The van der Waals surface area contributed by atoms with Gasteiger partial charge in [0, 0.05) is 68.6 Å². The monoisotopic (exact) mass is 369 g/mol. The van der Waals surface area contributed by atoms with Crippen molar-refractivity contribution in [3.8, 4) is 11.3 Å². The van der Waals surface area contributed by atoms with Gasteiger partial charge in [0.25, 0.3) is 0 Å². The van der Waals surface area contributed by atoms with Gasteiger partial charge < -0.3 is 10.1 Å². The molecule has 0 spiro atoms. The molecule has 2 aromatic heterocycles. The Balaban J connectivity index is 1.45. The summed E-state index contributed by atoms with van der Waals surface area (Å²) in [6.07, 6.45) is 12.1. The Hall–Kier alpha value is -1.76. The molecule has 0 saturated carbocycles. The van der Waals surface area contributed by atoms with E-state index in [-0.39, 0.29) is 5.54 Å². The quantitative estimate of drug-likeness (QED) is 0.848. The molecule has 0 aliphatic carbocycles. The Morgan fingerprint density at radius 1 is 1.19 bits per heavy atom. The Morgan fingerprint density at radius 2 is 2.00 bits per heavy atom. The van der Waals surface area contributed by atoms with E-state index in [2.05, 4.69) is 32.6 Å². The Bertz CT molecular complexity index is 717. The van der Waals surface area contributed by atoms with E-state index in [1.165, 1.54) is 37.9 Å². The van der Waals surface area contributed by atoms with Gasteiger partial charge in [0.05, 0.1) is 5.69 Å². The van der Waals surface area contributed by atoms with Gasteiger partial charge in [0.1, 0.15) is 0 Å². The van der Waals surface area contributed by atoms with Crippen LogP contribution in [0, 0.1) is 0 Å². The van der Waals surface area contributed by atoms with E-state index in [9.17, 15) is 0 Å². The van der Waals surface area contributed by atoms with Crippen molar-refractivity contribution in [1.29, 1.82) is 0 Å². The molecule has 2 aromatic rings. The van der Waals surface area contributed by atoms with E-state index < -0.39 is 0 Å². The number of hydrogen-bond acceptors (Lipinski definition) is 5. The SMILES string of the molecule is Cn1cc(CNCC2(N3CCCCC3)CCOCC2)c(-c2cccnc2)n1. The van der Waals surface area contributed by atoms with Crippen molar-refractivity contribution in [1.82, 2.24) is 25.0 Å². The topological polar surface area (TPSA) is 55.2 Å². The number of hydrogen-bond donors (Lipinski definition) is 1. The maximum absolute atomic E-state index is 5.69. The summed E-state index contributed by atoms with van der Waals surface area (Å²) in [6.45, 7) is 6.06. The van der Waals surface area contributed by atoms with Crippen LogP contribution >= 0.6 is 0 Å². The molecule has 6 heteroatoms. The minimum atomic E-state index is 0.245. The van der Waals surface area contributed by atoms with E-state index in [1.807, 2.05) is 24.0 Å².